The molecule has 0 bridgehead atoms. The lowest BCUT2D eigenvalue weighted by Crippen LogP contribution is -2.51. The van der Waals surface area contributed by atoms with E-state index in [1.807, 2.05) is 50.9 Å². The Hall–Kier alpha value is -6.44. The number of carbonyl (C=O) groups is 4. The maximum absolute atomic E-state index is 14.0. The van der Waals surface area contributed by atoms with Crippen LogP contribution < -0.4 is 16.1 Å². The summed E-state index contributed by atoms with van der Waals surface area (Å²) in [4.78, 5) is 81.1. The summed E-state index contributed by atoms with van der Waals surface area (Å²) in [5, 5.41) is 6.04. The van der Waals surface area contributed by atoms with E-state index in [0.717, 1.165) is 65.8 Å². The lowest BCUT2D eigenvalue weighted by Gasteiger charge is -2.31. The van der Waals surface area contributed by atoms with Crippen LogP contribution in [0.3, 0.4) is 0 Å². The van der Waals surface area contributed by atoms with E-state index < -0.39 is 24.3 Å². The van der Waals surface area contributed by atoms with E-state index in [9.17, 15) is 24.0 Å². The first-order valence-corrected chi connectivity index (χ1v) is 24.1. The first-order chi connectivity index (χ1) is 32.3. The van der Waals surface area contributed by atoms with Crippen LogP contribution in [0.1, 0.15) is 114 Å². The number of likely N-dealkylation sites (tertiary alicyclic amines) is 2. The van der Waals surface area contributed by atoms with E-state index in [1.165, 1.54) is 62.2 Å². The van der Waals surface area contributed by atoms with Crippen molar-refractivity contribution in [1.29, 1.82) is 0 Å². The van der Waals surface area contributed by atoms with Crippen molar-refractivity contribution in [3.8, 4) is 33.5 Å². The molecule has 1 saturated carbocycles. The molecule has 4 amide bonds. The van der Waals surface area contributed by atoms with E-state index in [-0.39, 0.29) is 46.6 Å². The van der Waals surface area contributed by atoms with Gasteiger partial charge in [-0.1, -0.05) is 83.0 Å². The van der Waals surface area contributed by atoms with Gasteiger partial charge in [0.2, 0.25) is 11.8 Å². The molecule has 3 aromatic carbocycles. The average molecular weight is 910 g/mol. The molecule has 1 spiro atoms. The standard InChI is InChI=1S/C53H63N7O7/c1-30(2)46(57-51(64)66-5)49(62)59-23-9-11-43(59)41-26-45(61)37-25-34(17-20-40(37)55-41)36-19-18-35(38-27-53(28-39(36)38)21-7-8-22-53)32-13-15-33(16-14-32)42-29-54-48(56-42)44-12-10-24-60(44)50(63)47(31(3)4)58-52(65)67-6/h13-20,25-26,29-31,43-44,46-47H,7-12,21-24,27-28H2,1-6H3,(H,54,56)(H,55,61)(H,57,64)(H,58,65)/t43-,44-,46-,47-/m0/s1. The van der Waals surface area contributed by atoms with Crippen LogP contribution in [0.4, 0.5) is 9.59 Å². The number of imidazole rings is 1. The fourth-order valence-electron chi connectivity index (χ4n) is 11.5. The normalized spacial score (nSPS) is 19.6. The molecule has 5 aromatic rings. The molecule has 2 aromatic heterocycles. The quantitative estimate of drug-likeness (QED) is 0.101. The van der Waals surface area contributed by atoms with E-state index in [2.05, 4.69) is 63.1 Å². The molecule has 0 radical (unpaired) electrons. The molecule has 2 aliphatic heterocycles. The lowest BCUT2D eigenvalue weighted by molar-refractivity contribution is -0.136. The van der Waals surface area contributed by atoms with Crippen LogP contribution in [-0.2, 0) is 31.9 Å². The van der Waals surface area contributed by atoms with Crippen LogP contribution >= 0.6 is 0 Å². The van der Waals surface area contributed by atoms with Crippen molar-refractivity contribution in [2.45, 2.75) is 116 Å². The van der Waals surface area contributed by atoms with Gasteiger partial charge in [-0.15, -0.1) is 0 Å². The Morgan fingerprint density at radius 1 is 0.687 bits per heavy atom. The van der Waals surface area contributed by atoms with Gasteiger partial charge < -0.3 is 39.9 Å². The van der Waals surface area contributed by atoms with Gasteiger partial charge in [0.15, 0.2) is 5.43 Å². The molecular weight excluding hydrogens is 847 g/mol. The number of amides is 4. The predicted molar refractivity (Wildman–Crippen MR) is 257 cm³/mol. The summed E-state index contributed by atoms with van der Waals surface area (Å²) in [6, 6.07) is 18.9. The van der Waals surface area contributed by atoms with E-state index in [0.29, 0.717) is 30.6 Å². The van der Waals surface area contributed by atoms with Crippen molar-refractivity contribution in [2.24, 2.45) is 17.3 Å². The van der Waals surface area contributed by atoms with Gasteiger partial charge in [-0.25, -0.2) is 14.6 Å². The van der Waals surface area contributed by atoms with Crippen molar-refractivity contribution >= 4 is 34.9 Å². The molecule has 352 valence electrons. The number of benzene rings is 3. The van der Waals surface area contributed by atoms with Gasteiger partial charge in [0.1, 0.15) is 17.9 Å². The fraction of sp³-hybridized carbons (Fsp3) is 0.472. The second-order valence-electron chi connectivity index (χ2n) is 19.9. The van der Waals surface area contributed by atoms with Crippen molar-refractivity contribution in [3.05, 3.63) is 99.7 Å². The Morgan fingerprint density at radius 3 is 1.81 bits per heavy atom. The Bertz CT molecular complexity index is 2750. The molecule has 2 saturated heterocycles. The van der Waals surface area contributed by atoms with Crippen LogP contribution in [0, 0.1) is 17.3 Å². The number of aromatic nitrogens is 3. The molecule has 4 atom stereocenters. The largest absolute Gasteiger partial charge is 0.453 e. The molecule has 14 nitrogen and oxygen atoms in total. The van der Waals surface area contributed by atoms with Crippen LogP contribution in [0.2, 0.25) is 0 Å². The highest BCUT2D eigenvalue weighted by Gasteiger charge is 2.42. The van der Waals surface area contributed by atoms with Crippen molar-refractivity contribution in [3.63, 3.8) is 0 Å². The zero-order valence-electron chi connectivity index (χ0n) is 39.5. The molecule has 14 heteroatoms. The maximum atomic E-state index is 14.0. The first-order valence-electron chi connectivity index (χ1n) is 24.1. The molecule has 4 aliphatic rings. The monoisotopic (exact) mass is 909 g/mol. The Kier molecular flexibility index (Phi) is 12.7. The number of aromatic amines is 2. The number of hydrogen-bond acceptors (Lipinski definition) is 8. The van der Waals surface area contributed by atoms with Crippen LogP contribution in [0.5, 0.6) is 0 Å². The Morgan fingerprint density at radius 2 is 1.22 bits per heavy atom. The summed E-state index contributed by atoms with van der Waals surface area (Å²) < 4.78 is 9.60. The Balaban J connectivity index is 0.972. The van der Waals surface area contributed by atoms with Gasteiger partial charge in [-0.05, 0) is 120 Å². The number of nitrogens with one attached hydrogen (secondary N) is 4. The minimum atomic E-state index is -0.743. The average Bonchev–Trinajstić information content (AvgIpc) is 4.20. The molecule has 3 fully saturated rings. The first kappa shape index (κ1) is 45.7. The number of rotatable bonds is 11. The van der Waals surface area contributed by atoms with Crippen molar-refractivity contribution in [2.75, 3.05) is 27.3 Å². The number of fused-ring (bicyclic) bond motifs is 2. The van der Waals surface area contributed by atoms with E-state index in [1.54, 1.807) is 11.0 Å². The maximum Gasteiger partial charge on any atom is 0.407 e. The molecule has 2 aliphatic carbocycles. The third-order valence-electron chi connectivity index (χ3n) is 15.0. The second kappa shape index (κ2) is 18.7. The van der Waals surface area contributed by atoms with Crippen LogP contribution in [-0.4, -0.2) is 88.1 Å². The minimum Gasteiger partial charge on any atom is -0.453 e. The molecule has 4 heterocycles. The van der Waals surface area contributed by atoms with Gasteiger partial charge in [-0.3, -0.25) is 14.4 Å². The van der Waals surface area contributed by atoms with Gasteiger partial charge >= 0.3 is 12.2 Å². The van der Waals surface area contributed by atoms with Crippen molar-refractivity contribution in [1.82, 2.24) is 35.4 Å². The second-order valence-corrected chi connectivity index (χ2v) is 19.9. The summed E-state index contributed by atoms with van der Waals surface area (Å²) >= 11 is 0. The third kappa shape index (κ3) is 8.82. The van der Waals surface area contributed by atoms with Gasteiger partial charge in [-0.2, -0.15) is 0 Å². The summed E-state index contributed by atoms with van der Waals surface area (Å²) in [6.07, 6.45) is 10.6. The number of H-pyrrole nitrogens is 2. The summed E-state index contributed by atoms with van der Waals surface area (Å²) in [7, 11) is 2.58. The summed E-state index contributed by atoms with van der Waals surface area (Å²) in [6.45, 7) is 8.73. The van der Waals surface area contributed by atoms with E-state index >= 15 is 0 Å². The number of alkyl carbamates (subject to hydrolysis) is 2. The topological polar surface area (TPSA) is 179 Å². The minimum absolute atomic E-state index is 0.0928. The molecule has 4 N–H and O–H groups in total. The number of ether oxygens (including phenoxy) is 2. The molecular formula is C53H63N7O7. The number of hydrogen-bond donors (Lipinski definition) is 4. The summed E-state index contributed by atoms with van der Waals surface area (Å²) in [5.41, 5.74) is 10.8. The van der Waals surface area contributed by atoms with Gasteiger partial charge in [0.05, 0.1) is 38.2 Å². The molecule has 9 rings (SSSR count). The Labute approximate surface area is 391 Å². The highest BCUT2D eigenvalue weighted by atomic mass is 16.5. The van der Waals surface area contributed by atoms with Gasteiger partial charge in [0.25, 0.3) is 0 Å². The summed E-state index contributed by atoms with van der Waals surface area (Å²) in [5.74, 6) is 0.147. The zero-order valence-corrected chi connectivity index (χ0v) is 39.5. The number of nitrogens with zero attached hydrogens (tertiary/aromatic N) is 3. The highest BCUT2D eigenvalue weighted by molar-refractivity contribution is 5.89. The third-order valence-corrected chi connectivity index (χ3v) is 15.0. The zero-order chi connectivity index (χ0) is 47.1. The number of carbonyl (C=O) groups excluding carboxylic acids is 4. The number of pyridine rings is 1. The lowest BCUT2D eigenvalue weighted by atomic mass is 9.82. The van der Waals surface area contributed by atoms with Crippen LogP contribution in [0.15, 0.2) is 71.7 Å². The van der Waals surface area contributed by atoms with Crippen molar-refractivity contribution < 1.29 is 28.7 Å². The van der Waals surface area contributed by atoms with E-state index in [4.69, 9.17) is 14.5 Å². The molecule has 0 unspecified atom stereocenters. The fourth-order valence-corrected chi connectivity index (χ4v) is 11.5. The highest BCUT2D eigenvalue weighted by Crippen LogP contribution is 2.53. The SMILES string of the molecule is COC(=O)N[C@H](C(=O)N1CCC[C@H]1c1cc(=O)c2cc(-c3ccc(-c4ccc(-c5cnc([C@@H]6CCCN6C(=O)[C@@H](NC(=O)OC)C(C)C)[nH]5)cc4)c4c3CC3(CCCC3)C4)ccc2[nH]1)C(C)C. The van der Waals surface area contributed by atoms with Gasteiger partial charge in [0, 0.05) is 35.8 Å². The molecule has 67 heavy (non-hydrogen) atoms. The van der Waals surface area contributed by atoms with Crippen LogP contribution in [0.25, 0.3) is 44.4 Å². The number of methoxy groups -OCH3 is 2. The predicted octanol–water partition coefficient (Wildman–Crippen LogP) is 9.00. The smallest absolute Gasteiger partial charge is 0.407 e.